The number of piperidine rings is 1. The van der Waals surface area contributed by atoms with Crippen LogP contribution in [0.3, 0.4) is 0 Å². The Bertz CT molecular complexity index is 1130. The fourth-order valence-electron chi connectivity index (χ4n) is 3.61. The number of imidazole rings is 1. The summed E-state index contributed by atoms with van der Waals surface area (Å²) in [6, 6.07) is 5.20. The summed E-state index contributed by atoms with van der Waals surface area (Å²) in [5.41, 5.74) is -0.461. The highest BCUT2D eigenvalue weighted by Crippen LogP contribution is 2.26. The van der Waals surface area contributed by atoms with E-state index in [1.807, 2.05) is 23.8 Å². The number of benzene rings is 1. The van der Waals surface area contributed by atoms with Crippen molar-refractivity contribution in [3.05, 3.63) is 64.7 Å². The van der Waals surface area contributed by atoms with Gasteiger partial charge in [-0.1, -0.05) is 0 Å². The third-order valence-electron chi connectivity index (χ3n) is 5.31. The van der Waals surface area contributed by atoms with Crippen LogP contribution in [0, 0.1) is 28.8 Å². The van der Waals surface area contributed by atoms with Gasteiger partial charge in [-0.05, 0) is 31.9 Å². The zero-order valence-electron chi connectivity index (χ0n) is 16.7. The number of anilines is 2. The Morgan fingerprint density at radius 3 is 2.61 bits per heavy atom. The van der Waals surface area contributed by atoms with Crippen molar-refractivity contribution in [1.29, 1.82) is 0 Å². The lowest BCUT2D eigenvalue weighted by molar-refractivity contribution is -0.387. The SMILES string of the molecule is Cc1nccn1-c1cc(N2CCC(C(=O)Nc3ccc(F)c([N+](=O)[O-])c3)CC2)ncn1. The number of amides is 1. The Morgan fingerprint density at radius 1 is 1.19 bits per heavy atom. The molecule has 0 radical (unpaired) electrons. The van der Waals surface area contributed by atoms with Gasteiger partial charge in [-0.2, -0.15) is 4.39 Å². The maximum Gasteiger partial charge on any atom is 0.306 e. The summed E-state index contributed by atoms with van der Waals surface area (Å²) < 4.78 is 15.4. The molecule has 0 saturated carbocycles. The fraction of sp³-hybridized carbons (Fsp3) is 0.300. The maximum absolute atomic E-state index is 13.5. The van der Waals surface area contributed by atoms with Crippen molar-refractivity contribution in [3.63, 3.8) is 0 Å². The molecule has 3 heterocycles. The maximum atomic E-state index is 13.5. The van der Waals surface area contributed by atoms with Crippen LogP contribution in [0.15, 0.2) is 43.0 Å². The number of carbonyl (C=O) groups excluding carboxylic acids is 1. The molecule has 10 nitrogen and oxygen atoms in total. The number of nitrogens with one attached hydrogen (secondary N) is 1. The van der Waals surface area contributed by atoms with Gasteiger partial charge in [0.05, 0.1) is 4.92 Å². The second-order valence-electron chi connectivity index (χ2n) is 7.25. The third kappa shape index (κ3) is 4.34. The number of carbonyl (C=O) groups is 1. The van der Waals surface area contributed by atoms with Crippen LogP contribution in [-0.2, 0) is 4.79 Å². The zero-order chi connectivity index (χ0) is 22.0. The molecule has 1 fully saturated rings. The van der Waals surface area contributed by atoms with Crippen molar-refractivity contribution in [2.75, 3.05) is 23.3 Å². The fourth-order valence-corrected chi connectivity index (χ4v) is 3.61. The van der Waals surface area contributed by atoms with Crippen molar-refractivity contribution in [1.82, 2.24) is 19.5 Å². The average molecular weight is 425 g/mol. The summed E-state index contributed by atoms with van der Waals surface area (Å²) in [4.78, 5) is 37.6. The number of nitro groups is 1. The van der Waals surface area contributed by atoms with E-state index in [-0.39, 0.29) is 17.5 Å². The largest absolute Gasteiger partial charge is 0.356 e. The van der Waals surface area contributed by atoms with E-state index in [9.17, 15) is 19.3 Å². The van der Waals surface area contributed by atoms with Crippen LogP contribution >= 0.6 is 0 Å². The summed E-state index contributed by atoms with van der Waals surface area (Å²) in [6.07, 6.45) is 6.23. The van der Waals surface area contributed by atoms with Crippen molar-refractivity contribution in [2.24, 2.45) is 5.92 Å². The van der Waals surface area contributed by atoms with Gasteiger partial charge in [-0.15, -0.1) is 0 Å². The van der Waals surface area contributed by atoms with E-state index in [0.717, 1.165) is 29.6 Å². The summed E-state index contributed by atoms with van der Waals surface area (Å²) in [5, 5.41) is 13.5. The molecule has 0 aliphatic carbocycles. The van der Waals surface area contributed by atoms with E-state index in [1.54, 1.807) is 6.20 Å². The number of rotatable bonds is 5. The molecule has 0 bridgehead atoms. The van der Waals surface area contributed by atoms with Crippen LogP contribution in [0.2, 0.25) is 0 Å². The molecule has 4 rings (SSSR count). The van der Waals surface area contributed by atoms with Crippen LogP contribution < -0.4 is 10.2 Å². The van der Waals surface area contributed by atoms with Crippen LogP contribution in [0.5, 0.6) is 0 Å². The first-order valence-electron chi connectivity index (χ1n) is 9.74. The monoisotopic (exact) mass is 425 g/mol. The summed E-state index contributed by atoms with van der Waals surface area (Å²) in [5.74, 6) is 0.881. The summed E-state index contributed by atoms with van der Waals surface area (Å²) >= 11 is 0. The van der Waals surface area contributed by atoms with Crippen LogP contribution in [0.4, 0.5) is 21.6 Å². The van der Waals surface area contributed by atoms with Gasteiger partial charge < -0.3 is 10.2 Å². The minimum atomic E-state index is -0.939. The highest BCUT2D eigenvalue weighted by molar-refractivity contribution is 5.93. The molecule has 1 amide bonds. The molecule has 1 N–H and O–H groups in total. The van der Waals surface area contributed by atoms with Crippen molar-refractivity contribution in [2.45, 2.75) is 19.8 Å². The minimum absolute atomic E-state index is 0.205. The quantitative estimate of drug-likeness (QED) is 0.493. The first-order valence-corrected chi connectivity index (χ1v) is 9.74. The molecule has 1 aliphatic heterocycles. The zero-order valence-corrected chi connectivity index (χ0v) is 16.7. The Balaban J connectivity index is 1.39. The topological polar surface area (TPSA) is 119 Å². The van der Waals surface area contributed by atoms with E-state index >= 15 is 0 Å². The number of hydrogen-bond donors (Lipinski definition) is 1. The second-order valence-corrected chi connectivity index (χ2v) is 7.25. The van der Waals surface area contributed by atoms with Crippen molar-refractivity contribution >= 4 is 23.1 Å². The van der Waals surface area contributed by atoms with E-state index in [4.69, 9.17) is 0 Å². The lowest BCUT2D eigenvalue weighted by Gasteiger charge is -2.32. The molecule has 0 atom stereocenters. The number of hydrogen-bond acceptors (Lipinski definition) is 7. The molecule has 3 aromatic rings. The smallest absolute Gasteiger partial charge is 0.306 e. The highest BCUT2D eigenvalue weighted by Gasteiger charge is 2.26. The summed E-state index contributed by atoms with van der Waals surface area (Å²) in [6.45, 7) is 3.14. The molecule has 1 saturated heterocycles. The molecular weight excluding hydrogens is 405 g/mol. The predicted molar refractivity (Wildman–Crippen MR) is 111 cm³/mol. The van der Waals surface area contributed by atoms with Gasteiger partial charge in [-0.3, -0.25) is 19.5 Å². The average Bonchev–Trinajstić information content (AvgIpc) is 3.21. The van der Waals surface area contributed by atoms with Gasteiger partial charge in [0.1, 0.15) is 23.8 Å². The number of nitrogens with zero attached hydrogens (tertiary/aromatic N) is 6. The standard InChI is InChI=1S/C20H20FN7O3/c1-13-22-6-9-27(13)19-11-18(23-12-24-19)26-7-4-14(5-8-26)20(29)25-15-2-3-16(21)17(10-15)28(30)31/h2-3,6,9-12,14H,4-5,7-8H2,1H3,(H,25,29). The molecule has 31 heavy (non-hydrogen) atoms. The Labute approximate surface area is 176 Å². The van der Waals surface area contributed by atoms with Crippen LogP contribution in [0.1, 0.15) is 18.7 Å². The number of aryl methyl sites for hydroxylation is 1. The summed E-state index contributed by atoms with van der Waals surface area (Å²) in [7, 11) is 0. The molecular formula is C20H20FN7O3. The minimum Gasteiger partial charge on any atom is -0.356 e. The predicted octanol–water partition coefficient (Wildman–Crippen LogP) is 2.87. The Kier molecular flexibility index (Phi) is 5.56. The molecule has 0 unspecified atom stereocenters. The number of aromatic nitrogens is 4. The van der Waals surface area contributed by atoms with E-state index in [2.05, 4.69) is 25.2 Å². The van der Waals surface area contributed by atoms with Crippen molar-refractivity contribution in [3.8, 4) is 5.82 Å². The third-order valence-corrected chi connectivity index (χ3v) is 5.31. The van der Waals surface area contributed by atoms with Crippen molar-refractivity contribution < 1.29 is 14.1 Å². The Hall–Kier alpha value is -3.89. The van der Waals surface area contributed by atoms with Gasteiger partial charge in [0.15, 0.2) is 0 Å². The molecule has 160 valence electrons. The van der Waals surface area contributed by atoms with Gasteiger partial charge in [0.25, 0.3) is 0 Å². The second kappa shape index (κ2) is 8.46. The van der Waals surface area contributed by atoms with Crippen LogP contribution in [0.25, 0.3) is 5.82 Å². The lowest BCUT2D eigenvalue weighted by Crippen LogP contribution is -2.38. The molecule has 1 aromatic carbocycles. The number of nitro benzene ring substituents is 1. The van der Waals surface area contributed by atoms with E-state index < -0.39 is 16.4 Å². The van der Waals surface area contributed by atoms with Gasteiger partial charge >= 0.3 is 5.69 Å². The normalized spacial score (nSPS) is 14.5. The first-order chi connectivity index (χ1) is 14.9. The molecule has 0 spiro atoms. The van der Waals surface area contributed by atoms with Gasteiger partial charge in [-0.25, -0.2) is 15.0 Å². The lowest BCUT2D eigenvalue weighted by atomic mass is 9.95. The molecule has 11 heteroatoms. The highest BCUT2D eigenvalue weighted by atomic mass is 19.1. The first kappa shape index (κ1) is 20.4. The molecule has 2 aromatic heterocycles. The van der Waals surface area contributed by atoms with Gasteiger partial charge in [0, 0.05) is 49.2 Å². The van der Waals surface area contributed by atoms with Crippen LogP contribution in [-0.4, -0.2) is 43.4 Å². The van der Waals surface area contributed by atoms with Gasteiger partial charge in [0.2, 0.25) is 11.7 Å². The van der Waals surface area contributed by atoms with E-state index in [1.165, 1.54) is 12.4 Å². The Morgan fingerprint density at radius 2 is 1.94 bits per heavy atom. The van der Waals surface area contributed by atoms with E-state index in [0.29, 0.717) is 25.9 Å². The molecule has 1 aliphatic rings. The number of halogens is 1.